The predicted molar refractivity (Wildman–Crippen MR) is 60.8 cm³/mol. The lowest BCUT2D eigenvalue weighted by atomic mass is 10.1. The van der Waals surface area contributed by atoms with Gasteiger partial charge in [0, 0.05) is 6.42 Å². The quantitative estimate of drug-likeness (QED) is 0.729. The van der Waals surface area contributed by atoms with E-state index >= 15 is 0 Å². The van der Waals surface area contributed by atoms with Gasteiger partial charge in [0.25, 0.3) is 0 Å². The van der Waals surface area contributed by atoms with Gasteiger partial charge in [0.2, 0.25) is 0 Å². The third-order valence-corrected chi connectivity index (χ3v) is 3.25. The molecule has 104 valence electrons. The second kappa shape index (κ2) is 5.52. The predicted octanol–water partition coefficient (Wildman–Crippen LogP) is 0.221. The molecule has 0 aliphatic carbocycles. The summed E-state index contributed by atoms with van der Waals surface area (Å²) < 4.78 is 21.5. The molecule has 0 aromatic carbocycles. The molecule has 0 saturated carbocycles. The number of rotatable bonds is 4. The average molecular weight is 260 g/mol. The van der Waals surface area contributed by atoms with E-state index in [1.54, 1.807) is 13.8 Å². The fraction of sp³-hybridized carbons (Fsp3) is 0.917. The van der Waals surface area contributed by atoms with E-state index in [0.717, 1.165) is 0 Å². The van der Waals surface area contributed by atoms with Crippen LogP contribution in [0.4, 0.5) is 0 Å². The lowest BCUT2D eigenvalue weighted by Crippen LogP contribution is -2.51. The largest absolute Gasteiger partial charge is 0.466 e. The number of esters is 1. The maximum atomic E-state index is 11.3. The van der Waals surface area contributed by atoms with E-state index in [9.17, 15) is 9.90 Å². The Morgan fingerprint density at radius 2 is 2.28 bits per heavy atom. The van der Waals surface area contributed by atoms with E-state index in [2.05, 4.69) is 0 Å². The van der Waals surface area contributed by atoms with E-state index in [-0.39, 0.29) is 31.2 Å². The summed E-state index contributed by atoms with van der Waals surface area (Å²) in [6, 6.07) is 0. The molecule has 2 heterocycles. The molecule has 1 N–H and O–H groups in total. The van der Waals surface area contributed by atoms with Crippen molar-refractivity contribution in [3.05, 3.63) is 0 Å². The zero-order chi connectivity index (χ0) is 13.2. The van der Waals surface area contributed by atoms with Gasteiger partial charge in [-0.2, -0.15) is 0 Å². The zero-order valence-electron chi connectivity index (χ0n) is 10.8. The van der Waals surface area contributed by atoms with Crippen LogP contribution >= 0.6 is 0 Å². The normalized spacial score (nSPS) is 39.4. The third-order valence-electron chi connectivity index (χ3n) is 3.25. The molecule has 18 heavy (non-hydrogen) atoms. The molecule has 6 nitrogen and oxygen atoms in total. The Bertz CT molecular complexity index is 307. The first kappa shape index (κ1) is 13.7. The lowest BCUT2D eigenvalue weighted by molar-refractivity contribution is -0.311. The van der Waals surface area contributed by atoms with E-state index in [0.29, 0.717) is 19.6 Å². The standard InChI is InChI=1S/C12H20O6/c1-3-15-10(14)4-5-12(2)17-7-9-11(18-12)8(13)6-16-9/h8-9,11,13H,3-7H2,1-2H3/t8-,9+,11+,12-/m1/s1. The molecule has 0 aromatic heterocycles. The molecular formula is C12H20O6. The number of hydrogen-bond donors (Lipinski definition) is 1. The van der Waals surface area contributed by atoms with Crippen LogP contribution in [0.5, 0.6) is 0 Å². The topological polar surface area (TPSA) is 74.2 Å². The monoisotopic (exact) mass is 260 g/mol. The molecule has 6 heteroatoms. The van der Waals surface area contributed by atoms with Gasteiger partial charge in [-0.25, -0.2) is 0 Å². The van der Waals surface area contributed by atoms with Crippen molar-refractivity contribution in [3.63, 3.8) is 0 Å². The summed E-state index contributed by atoms with van der Waals surface area (Å²) in [5.74, 6) is -1.13. The summed E-state index contributed by atoms with van der Waals surface area (Å²) in [6.45, 7) is 4.56. The zero-order valence-corrected chi connectivity index (χ0v) is 10.8. The summed E-state index contributed by atoms with van der Waals surface area (Å²) in [6.07, 6.45) is -0.567. The number of fused-ring (bicyclic) bond motifs is 1. The van der Waals surface area contributed by atoms with Crippen LogP contribution in [0.2, 0.25) is 0 Å². The summed E-state index contributed by atoms with van der Waals surface area (Å²) in [5, 5.41) is 9.72. The maximum Gasteiger partial charge on any atom is 0.305 e. The second-order valence-electron chi connectivity index (χ2n) is 4.77. The SMILES string of the molecule is CCOC(=O)CC[C@]1(C)OC[C@@H]2OC[C@@H](O)[C@@H]2O1. The van der Waals surface area contributed by atoms with Crippen LogP contribution in [0, 0.1) is 0 Å². The number of carbonyl (C=O) groups excluding carboxylic acids is 1. The Balaban J connectivity index is 1.86. The minimum Gasteiger partial charge on any atom is -0.466 e. The highest BCUT2D eigenvalue weighted by Gasteiger charge is 2.47. The molecule has 0 amide bonds. The minimum absolute atomic E-state index is 0.212. The van der Waals surface area contributed by atoms with Gasteiger partial charge in [-0.05, 0) is 13.8 Å². The fourth-order valence-electron chi connectivity index (χ4n) is 2.23. The Hall–Kier alpha value is -0.690. The van der Waals surface area contributed by atoms with Crippen molar-refractivity contribution in [1.82, 2.24) is 0 Å². The number of hydrogen-bond acceptors (Lipinski definition) is 6. The Labute approximate surface area is 106 Å². The first-order valence-electron chi connectivity index (χ1n) is 6.31. The van der Waals surface area contributed by atoms with Gasteiger partial charge in [-0.3, -0.25) is 4.79 Å². The van der Waals surface area contributed by atoms with E-state index in [1.165, 1.54) is 0 Å². The van der Waals surface area contributed by atoms with E-state index in [4.69, 9.17) is 18.9 Å². The molecule has 0 aromatic rings. The average Bonchev–Trinajstić information content (AvgIpc) is 2.69. The smallest absolute Gasteiger partial charge is 0.305 e. The molecule has 0 spiro atoms. The molecule has 2 aliphatic rings. The van der Waals surface area contributed by atoms with Crippen molar-refractivity contribution < 1.29 is 28.8 Å². The minimum atomic E-state index is -0.859. The summed E-state index contributed by atoms with van der Waals surface area (Å²) >= 11 is 0. The van der Waals surface area contributed by atoms with E-state index < -0.39 is 11.9 Å². The Kier molecular flexibility index (Phi) is 4.21. The highest BCUT2D eigenvalue weighted by atomic mass is 16.7. The summed E-state index contributed by atoms with van der Waals surface area (Å²) in [7, 11) is 0. The van der Waals surface area contributed by atoms with Gasteiger partial charge in [-0.1, -0.05) is 0 Å². The maximum absolute atomic E-state index is 11.3. The van der Waals surface area contributed by atoms with Crippen molar-refractivity contribution in [2.45, 2.75) is 50.8 Å². The van der Waals surface area contributed by atoms with Crippen LogP contribution in [0.15, 0.2) is 0 Å². The van der Waals surface area contributed by atoms with Crippen LogP contribution in [-0.4, -0.2) is 55.0 Å². The fourth-order valence-corrected chi connectivity index (χ4v) is 2.23. The number of aliphatic hydroxyl groups is 1. The van der Waals surface area contributed by atoms with Gasteiger partial charge < -0.3 is 24.1 Å². The molecule has 2 fully saturated rings. The molecule has 0 bridgehead atoms. The van der Waals surface area contributed by atoms with Gasteiger partial charge in [0.05, 0.1) is 26.2 Å². The summed E-state index contributed by atoms with van der Waals surface area (Å²) in [4.78, 5) is 11.3. The van der Waals surface area contributed by atoms with Crippen LogP contribution < -0.4 is 0 Å². The molecule has 0 unspecified atom stereocenters. The highest BCUT2D eigenvalue weighted by Crippen LogP contribution is 2.33. The van der Waals surface area contributed by atoms with Crippen molar-refractivity contribution in [1.29, 1.82) is 0 Å². The van der Waals surface area contributed by atoms with Crippen molar-refractivity contribution in [2.75, 3.05) is 19.8 Å². The van der Waals surface area contributed by atoms with Crippen LogP contribution in [0.1, 0.15) is 26.7 Å². The highest BCUT2D eigenvalue weighted by molar-refractivity contribution is 5.69. The Morgan fingerprint density at radius 1 is 1.50 bits per heavy atom. The van der Waals surface area contributed by atoms with Crippen LogP contribution in [0.3, 0.4) is 0 Å². The molecule has 0 radical (unpaired) electrons. The molecule has 4 atom stereocenters. The van der Waals surface area contributed by atoms with E-state index in [1.807, 2.05) is 0 Å². The number of aliphatic hydroxyl groups excluding tert-OH is 1. The van der Waals surface area contributed by atoms with Crippen molar-refractivity contribution in [2.24, 2.45) is 0 Å². The number of carbonyl (C=O) groups is 1. The lowest BCUT2D eigenvalue weighted by Gasteiger charge is -2.40. The molecular weight excluding hydrogens is 240 g/mol. The molecule has 2 saturated heterocycles. The van der Waals surface area contributed by atoms with Crippen LogP contribution in [-0.2, 0) is 23.7 Å². The first-order chi connectivity index (χ1) is 8.54. The van der Waals surface area contributed by atoms with Gasteiger partial charge in [0.15, 0.2) is 5.79 Å². The third kappa shape index (κ3) is 3.00. The first-order valence-corrected chi connectivity index (χ1v) is 6.31. The second-order valence-corrected chi connectivity index (χ2v) is 4.77. The van der Waals surface area contributed by atoms with Gasteiger partial charge >= 0.3 is 5.97 Å². The van der Waals surface area contributed by atoms with Crippen molar-refractivity contribution in [3.8, 4) is 0 Å². The van der Waals surface area contributed by atoms with Gasteiger partial charge in [0.1, 0.15) is 18.3 Å². The summed E-state index contributed by atoms with van der Waals surface area (Å²) in [5.41, 5.74) is 0. The molecule has 2 aliphatic heterocycles. The van der Waals surface area contributed by atoms with Crippen molar-refractivity contribution >= 4 is 5.97 Å². The van der Waals surface area contributed by atoms with Crippen LogP contribution in [0.25, 0.3) is 0 Å². The molecule has 2 rings (SSSR count). The Morgan fingerprint density at radius 3 is 3.00 bits per heavy atom. The number of ether oxygens (including phenoxy) is 4. The van der Waals surface area contributed by atoms with Gasteiger partial charge in [-0.15, -0.1) is 0 Å².